The molecule has 0 heterocycles. The summed E-state index contributed by atoms with van der Waals surface area (Å²) in [6, 6.07) is 0. The predicted molar refractivity (Wildman–Crippen MR) is 111 cm³/mol. The minimum Gasteiger partial charge on any atom is -0.465 e. The Kier molecular flexibility index (Phi) is 5.51. The molecule has 0 spiro atoms. The van der Waals surface area contributed by atoms with E-state index in [1.165, 1.54) is 6.42 Å². The molecule has 0 radical (unpaired) electrons. The van der Waals surface area contributed by atoms with Gasteiger partial charge in [0.2, 0.25) is 5.12 Å². The Bertz CT molecular complexity index is 713. The molecule has 4 nitrogen and oxygen atoms in total. The summed E-state index contributed by atoms with van der Waals surface area (Å²) in [5, 5.41) is -0.145. The minimum atomic E-state index is -0.297. The standard InChI is InChI=1S/C23H32O4S/c1-3-20(24)27-14-23-13-11-17-16(18(23)9-10-19(23)21(25)28-26)8-7-15-6-4-5-12-22(15,17)2/h5-6,12,16-19,26H,3-4,7-11,13-14H2,1-2H3/t16-,17+,18+,19-,22+,23-/m1/s1. The highest BCUT2D eigenvalue weighted by molar-refractivity contribution is 8.08. The lowest BCUT2D eigenvalue weighted by Gasteiger charge is -2.57. The maximum Gasteiger partial charge on any atom is 0.305 e. The summed E-state index contributed by atoms with van der Waals surface area (Å²) >= 11 is 0.363. The molecule has 3 saturated carbocycles. The molecule has 0 amide bonds. The lowest BCUT2D eigenvalue weighted by atomic mass is 9.47. The van der Waals surface area contributed by atoms with E-state index in [1.807, 2.05) is 0 Å². The average Bonchev–Trinajstić information content (AvgIpc) is 3.10. The highest BCUT2D eigenvalue weighted by Gasteiger charge is 2.62. The molecular weight excluding hydrogens is 372 g/mol. The van der Waals surface area contributed by atoms with Crippen LogP contribution in [0.25, 0.3) is 0 Å². The highest BCUT2D eigenvalue weighted by atomic mass is 32.2. The molecule has 28 heavy (non-hydrogen) atoms. The van der Waals surface area contributed by atoms with E-state index in [-0.39, 0.29) is 27.8 Å². The van der Waals surface area contributed by atoms with E-state index in [0.717, 1.165) is 38.5 Å². The summed E-state index contributed by atoms with van der Waals surface area (Å²) < 4.78 is 15.2. The summed E-state index contributed by atoms with van der Waals surface area (Å²) in [6.45, 7) is 4.54. The van der Waals surface area contributed by atoms with Gasteiger partial charge in [-0.15, -0.1) is 0 Å². The molecule has 3 fully saturated rings. The highest BCUT2D eigenvalue weighted by Crippen LogP contribution is 2.66. The summed E-state index contributed by atoms with van der Waals surface area (Å²) in [7, 11) is 0. The third-order valence-electron chi connectivity index (χ3n) is 8.49. The number of ether oxygens (including phenoxy) is 1. The van der Waals surface area contributed by atoms with E-state index < -0.39 is 0 Å². The van der Waals surface area contributed by atoms with Crippen LogP contribution in [0, 0.1) is 34.5 Å². The topological polar surface area (TPSA) is 63.6 Å². The fourth-order valence-electron chi connectivity index (χ4n) is 7.16. The summed E-state index contributed by atoms with van der Waals surface area (Å²) in [6.07, 6.45) is 14.6. The van der Waals surface area contributed by atoms with Gasteiger partial charge in [0.15, 0.2) is 0 Å². The largest absolute Gasteiger partial charge is 0.465 e. The number of hydrogen-bond donors (Lipinski definition) is 1. The lowest BCUT2D eigenvalue weighted by molar-refractivity contribution is -0.156. The number of allylic oxidation sites excluding steroid dienone is 4. The number of rotatable bonds is 4. The number of carbonyl (C=O) groups excluding carboxylic acids is 2. The molecule has 5 heteroatoms. The third-order valence-corrected chi connectivity index (χ3v) is 8.96. The van der Waals surface area contributed by atoms with Crippen LogP contribution in [0.1, 0.15) is 65.2 Å². The average molecular weight is 405 g/mol. The fraction of sp³-hybridized carbons (Fsp3) is 0.739. The van der Waals surface area contributed by atoms with E-state index in [9.17, 15) is 14.1 Å². The van der Waals surface area contributed by atoms with Gasteiger partial charge in [0, 0.05) is 23.2 Å². The minimum absolute atomic E-state index is 0.140. The van der Waals surface area contributed by atoms with Crippen molar-refractivity contribution in [3.63, 3.8) is 0 Å². The lowest BCUT2D eigenvalue weighted by Crippen LogP contribution is -2.52. The zero-order valence-electron chi connectivity index (χ0n) is 17.0. The van der Waals surface area contributed by atoms with E-state index in [2.05, 4.69) is 25.2 Å². The molecule has 0 aliphatic heterocycles. The van der Waals surface area contributed by atoms with E-state index >= 15 is 0 Å². The summed E-state index contributed by atoms with van der Waals surface area (Å²) in [4.78, 5) is 24.5. The molecule has 0 saturated heterocycles. The Hall–Kier alpha value is -1.07. The van der Waals surface area contributed by atoms with Crippen molar-refractivity contribution in [1.29, 1.82) is 0 Å². The number of hydrogen-bond acceptors (Lipinski definition) is 5. The Labute approximate surface area is 172 Å². The van der Waals surface area contributed by atoms with Crippen molar-refractivity contribution in [2.45, 2.75) is 65.2 Å². The van der Waals surface area contributed by atoms with Crippen LogP contribution in [-0.4, -0.2) is 22.2 Å². The van der Waals surface area contributed by atoms with E-state index in [1.54, 1.807) is 12.5 Å². The van der Waals surface area contributed by atoms with Crippen LogP contribution < -0.4 is 0 Å². The van der Waals surface area contributed by atoms with Gasteiger partial charge in [-0.1, -0.05) is 37.6 Å². The van der Waals surface area contributed by atoms with Crippen LogP contribution in [0.4, 0.5) is 0 Å². The van der Waals surface area contributed by atoms with Crippen LogP contribution in [0.15, 0.2) is 23.8 Å². The van der Waals surface area contributed by atoms with Gasteiger partial charge in [-0.2, -0.15) is 0 Å². The fourth-order valence-corrected chi connectivity index (χ4v) is 7.64. The number of esters is 1. The molecule has 0 aromatic heterocycles. The third kappa shape index (κ3) is 3.00. The van der Waals surface area contributed by atoms with Crippen molar-refractivity contribution in [2.75, 3.05) is 6.61 Å². The molecule has 4 rings (SSSR count). The molecule has 4 aliphatic carbocycles. The van der Waals surface area contributed by atoms with Crippen molar-refractivity contribution in [2.24, 2.45) is 34.5 Å². The maximum atomic E-state index is 12.6. The Morgan fingerprint density at radius 1 is 1.25 bits per heavy atom. The molecule has 154 valence electrons. The normalized spacial score (nSPS) is 41.5. The first-order valence-corrected chi connectivity index (χ1v) is 11.6. The monoisotopic (exact) mass is 404 g/mol. The van der Waals surface area contributed by atoms with Gasteiger partial charge >= 0.3 is 5.97 Å². The van der Waals surface area contributed by atoms with Gasteiger partial charge in [-0.25, -0.2) is 0 Å². The van der Waals surface area contributed by atoms with Crippen molar-refractivity contribution in [1.82, 2.24) is 0 Å². The van der Waals surface area contributed by atoms with Crippen molar-refractivity contribution in [3.05, 3.63) is 23.8 Å². The molecule has 0 aromatic rings. The van der Waals surface area contributed by atoms with Crippen molar-refractivity contribution >= 4 is 23.1 Å². The van der Waals surface area contributed by atoms with Crippen LogP contribution in [0.3, 0.4) is 0 Å². The number of fused-ring (bicyclic) bond motifs is 5. The Morgan fingerprint density at radius 2 is 2.07 bits per heavy atom. The SMILES string of the molecule is CCC(=O)OC[C@]12CC[C@H]3[C@@H](CCC4=CCC=C[C@@]43C)[C@@H]1CC[C@@H]2C(=O)SO. The number of carbonyl (C=O) groups is 2. The summed E-state index contributed by atoms with van der Waals surface area (Å²) in [5.41, 5.74) is 1.44. The zero-order chi connectivity index (χ0) is 19.9. The van der Waals surface area contributed by atoms with Crippen LogP contribution in [0.5, 0.6) is 0 Å². The molecular formula is C23H32O4S. The smallest absolute Gasteiger partial charge is 0.305 e. The van der Waals surface area contributed by atoms with Crippen LogP contribution in [0.2, 0.25) is 0 Å². The molecule has 0 bridgehead atoms. The van der Waals surface area contributed by atoms with Crippen LogP contribution in [-0.2, 0) is 14.3 Å². The Balaban J connectivity index is 1.66. The summed E-state index contributed by atoms with van der Waals surface area (Å²) in [5.74, 6) is 1.15. The van der Waals surface area contributed by atoms with Gasteiger partial charge in [0.25, 0.3) is 0 Å². The van der Waals surface area contributed by atoms with Gasteiger partial charge in [0.1, 0.15) is 0 Å². The van der Waals surface area contributed by atoms with Crippen LogP contribution >= 0.6 is 12.0 Å². The first-order valence-electron chi connectivity index (χ1n) is 10.8. The first kappa shape index (κ1) is 20.2. The van der Waals surface area contributed by atoms with Gasteiger partial charge in [0.05, 0.1) is 18.6 Å². The maximum absolute atomic E-state index is 12.6. The van der Waals surface area contributed by atoms with E-state index in [4.69, 9.17) is 4.74 Å². The van der Waals surface area contributed by atoms with E-state index in [0.29, 0.717) is 42.8 Å². The van der Waals surface area contributed by atoms with Crippen molar-refractivity contribution in [3.8, 4) is 0 Å². The first-order chi connectivity index (χ1) is 13.5. The Morgan fingerprint density at radius 3 is 2.82 bits per heavy atom. The molecule has 4 aliphatic rings. The quantitative estimate of drug-likeness (QED) is 0.386. The molecule has 1 N–H and O–H groups in total. The van der Waals surface area contributed by atoms with Crippen molar-refractivity contribution < 1.29 is 18.9 Å². The van der Waals surface area contributed by atoms with Gasteiger partial charge in [-0.3, -0.25) is 9.59 Å². The second-order valence-corrected chi connectivity index (χ2v) is 9.98. The molecule has 6 atom stereocenters. The second-order valence-electron chi connectivity index (χ2n) is 9.39. The predicted octanol–water partition coefficient (Wildman–Crippen LogP) is 5.40. The van der Waals surface area contributed by atoms with Gasteiger partial charge in [-0.05, 0) is 62.7 Å². The second kappa shape index (κ2) is 7.64. The molecule has 0 aromatic carbocycles. The zero-order valence-corrected chi connectivity index (χ0v) is 17.8. The van der Waals surface area contributed by atoms with Gasteiger partial charge < -0.3 is 9.29 Å². The molecule has 0 unspecified atom stereocenters.